The van der Waals surface area contributed by atoms with Gasteiger partial charge in [0.05, 0.1) is 17.6 Å². The molecule has 1 rings (SSSR count). The average molecular weight is 1280 g/mol. The minimum atomic E-state index is -2.56. The van der Waals surface area contributed by atoms with Crippen molar-refractivity contribution in [1.82, 2.24) is 4.57 Å². The summed E-state index contributed by atoms with van der Waals surface area (Å²) in [7, 11) is -8.02. The van der Waals surface area contributed by atoms with E-state index in [1.807, 2.05) is 6.92 Å². The zero-order chi connectivity index (χ0) is 55.2. The van der Waals surface area contributed by atoms with Crippen molar-refractivity contribution in [3.8, 4) is 0 Å². The van der Waals surface area contributed by atoms with E-state index in [1.165, 1.54) is 57.4 Å². The van der Waals surface area contributed by atoms with Crippen LogP contribution in [0.25, 0.3) is 0 Å². The van der Waals surface area contributed by atoms with Gasteiger partial charge in [-0.1, -0.05) is 87.3 Å². The predicted molar refractivity (Wildman–Crippen MR) is 333 cm³/mol. The molecule has 0 aliphatic carbocycles. The Morgan fingerprint density at radius 3 is 1.72 bits per heavy atom. The molecule has 1 aliphatic rings. The van der Waals surface area contributed by atoms with E-state index in [1.54, 1.807) is 0 Å². The second-order valence-corrected chi connectivity index (χ2v) is 62.9. The van der Waals surface area contributed by atoms with Crippen LogP contribution in [0.3, 0.4) is 0 Å². The van der Waals surface area contributed by atoms with Crippen molar-refractivity contribution in [2.45, 2.75) is 286 Å². The van der Waals surface area contributed by atoms with E-state index >= 15 is 0 Å². The molecule has 0 saturated carbocycles. The van der Waals surface area contributed by atoms with Crippen molar-refractivity contribution < 1.29 is 28.2 Å². The summed E-state index contributed by atoms with van der Waals surface area (Å²) in [6, 6.07) is 0.860. The summed E-state index contributed by atoms with van der Waals surface area (Å²) in [5.41, 5.74) is 0.176. The molecule has 416 valence electrons. The third-order valence-electron chi connectivity index (χ3n) is 17.4. The van der Waals surface area contributed by atoms with E-state index in [0.717, 1.165) is 16.0 Å². The zero-order valence-electron chi connectivity index (χ0n) is 51.1. The van der Waals surface area contributed by atoms with E-state index in [0.29, 0.717) is 13.0 Å². The molecule has 1 amide bonds. The van der Waals surface area contributed by atoms with Gasteiger partial charge in [0.1, 0.15) is 0 Å². The number of aliphatic hydroxyl groups is 1. The van der Waals surface area contributed by atoms with Crippen molar-refractivity contribution in [3.63, 3.8) is 0 Å². The number of rotatable bonds is 32. The molecule has 7 nitrogen and oxygen atoms in total. The van der Waals surface area contributed by atoms with Crippen LogP contribution in [-0.4, -0.2) is 111 Å². The fourth-order valence-electron chi connectivity index (χ4n) is 9.00. The molecule has 1 heterocycles. The molecule has 71 heavy (non-hydrogen) atoms. The summed E-state index contributed by atoms with van der Waals surface area (Å²) in [5.74, 6) is -0.307. The van der Waals surface area contributed by atoms with Crippen LogP contribution in [0.4, 0.5) is 0 Å². The van der Waals surface area contributed by atoms with Crippen molar-refractivity contribution >= 4 is 79.8 Å². The van der Waals surface area contributed by atoms with E-state index in [2.05, 4.69) is 224 Å². The second kappa shape index (κ2) is 29.0. The zero-order valence-corrected chi connectivity index (χ0v) is 60.2. The maximum absolute atomic E-state index is 14.8. The minimum absolute atomic E-state index is 0.0366. The molecule has 7 atom stereocenters. The van der Waals surface area contributed by atoms with Gasteiger partial charge in [0.15, 0.2) is 16.6 Å². The monoisotopic (exact) mass is 1280 g/mol. The van der Waals surface area contributed by atoms with Crippen LogP contribution >= 0.6 is 22.6 Å². The summed E-state index contributed by atoms with van der Waals surface area (Å²) < 4.78 is 38.1. The number of carbonyl (C=O) groups excluding carboxylic acids is 1. The Hall–Kier alpha value is 0.626. The summed E-state index contributed by atoms with van der Waals surface area (Å²) in [4.78, 5) is 14.8. The third-order valence-corrected chi connectivity index (χ3v) is 48.0. The first-order chi connectivity index (χ1) is 32.2. The number of allylic oxidation sites excluding steroid dienone is 3. The predicted octanol–water partition coefficient (Wildman–Crippen LogP) is 18.2. The summed E-state index contributed by atoms with van der Waals surface area (Å²) >= 11 is -0.200. The quantitative estimate of drug-likeness (QED) is 0.0181. The van der Waals surface area contributed by atoms with Crippen molar-refractivity contribution in [2.24, 2.45) is 11.3 Å². The molecule has 1 N–H and O–H groups in total. The number of β-lactam (4-membered cyclic amide) rings is 1. The number of halogens is 1. The molecule has 0 unspecified atom stereocenters. The first kappa shape index (κ1) is 69.6. The van der Waals surface area contributed by atoms with E-state index < -0.39 is 62.8 Å². The topological polar surface area (TPSA) is 77.5 Å². The Kier molecular flexibility index (Phi) is 28.5. The summed E-state index contributed by atoms with van der Waals surface area (Å²) in [6.45, 7) is 58.0. The molecule has 1 fully saturated rings. The number of hydrogen-bond acceptors (Lipinski definition) is 6. The molecule has 1 aliphatic heterocycles. The Balaban J connectivity index is 3.92. The van der Waals surface area contributed by atoms with Crippen molar-refractivity contribution in [1.29, 1.82) is 0 Å². The maximum atomic E-state index is 14.8. The average Bonchev–Trinajstić information content (AvgIpc) is 3.23. The first-order valence-electron chi connectivity index (χ1n) is 28.1. The van der Waals surface area contributed by atoms with Crippen LogP contribution in [-0.2, 0) is 23.1 Å². The molecule has 13 heteroatoms. The summed E-state index contributed by atoms with van der Waals surface area (Å²) in [6.07, 6.45) is 19.1. The van der Waals surface area contributed by atoms with E-state index in [9.17, 15) is 9.90 Å². The molecule has 0 aromatic rings. The van der Waals surface area contributed by atoms with Gasteiger partial charge in [0, 0.05) is 14.7 Å². The Labute approximate surface area is 463 Å². The number of unbranched alkanes of at least 4 members (excludes halogenated alkanes) is 3. The van der Waals surface area contributed by atoms with Crippen LogP contribution in [0, 0.1) is 11.3 Å². The van der Waals surface area contributed by atoms with E-state index in [-0.39, 0.29) is 58.1 Å². The molecular weight excluding hydrogens is 1160 g/mol. The van der Waals surface area contributed by atoms with Crippen LogP contribution in [0.15, 0.2) is 43.6 Å². The Morgan fingerprint density at radius 2 is 1.28 bits per heavy atom. The molecular formula is C58H116INO6Si4Sn. The molecule has 0 aromatic heterocycles. The fourth-order valence-corrected chi connectivity index (χ4v) is 29.7. The van der Waals surface area contributed by atoms with Crippen molar-refractivity contribution in [3.05, 3.63) is 43.6 Å². The molecule has 1 saturated heterocycles. The van der Waals surface area contributed by atoms with Crippen LogP contribution in [0.1, 0.15) is 162 Å². The van der Waals surface area contributed by atoms with Gasteiger partial charge in [-0.25, -0.2) is 0 Å². The van der Waals surface area contributed by atoms with Gasteiger partial charge in [-0.15, -0.1) is 0 Å². The molecule has 0 aromatic carbocycles. The Bertz CT molecular complexity index is 1710. The van der Waals surface area contributed by atoms with Crippen LogP contribution < -0.4 is 0 Å². The van der Waals surface area contributed by atoms with Gasteiger partial charge in [-0.2, -0.15) is 0 Å². The van der Waals surface area contributed by atoms with Gasteiger partial charge in [-0.3, -0.25) is 4.79 Å². The molecule has 0 bridgehead atoms. The fraction of sp³-hybridized carbons (Fsp3) is 0.845. The SMILES string of the molecule is CCC[CH2][Sn](/[CH]=C/[C@H](C/C=C(C)/C=C/[C@H](C[C@@H](O[Si](C)(C)C(C)(C)C)[C@@H](C)[C@H](O)[C@@]1(C)C(=O)N([Si](C)(C)C(C)(C)C)[C@@H]1/C=C(\C)I)OCOCC[Si](C)(C)C)O[Si](C)(C)C(C)(C)C)([CH2]CCC)[CH2]CCC. The van der Waals surface area contributed by atoms with Crippen LogP contribution in [0.2, 0.25) is 93.4 Å². The number of aliphatic hydroxyl groups excluding tert-OH is 1. The Morgan fingerprint density at radius 1 is 0.789 bits per heavy atom. The first-order valence-corrected chi connectivity index (χ1v) is 49.4. The number of carbonyl (C=O) groups is 1. The number of ether oxygens (including phenoxy) is 2. The van der Waals surface area contributed by atoms with Gasteiger partial charge >= 0.3 is 241 Å². The number of nitrogens with zero attached hydrogens (tertiary/aromatic N) is 1. The van der Waals surface area contributed by atoms with E-state index in [4.69, 9.17) is 18.3 Å². The normalized spacial score (nSPS) is 21.0. The summed E-state index contributed by atoms with van der Waals surface area (Å²) in [5, 5.41) is 12.8. The van der Waals surface area contributed by atoms with Gasteiger partial charge in [0.2, 0.25) is 5.91 Å². The number of hydrogen-bond donors (Lipinski definition) is 1. The number of amides is 1. The third kappa shape index (κ3) is 21.1. The second-order valence-electron chi connectivity index (χ2n) is 28.0. The van der Waals surface area contributed by atoms with Gasteiger partial charge < -0.3 is 9.67 Å². The standard InChI is InChI=1S/C46H89INO6Si4.3C4H9.Sn/c1-24-37(53-57(20,21)44(8,9)10)27-25-34(2)26-28-38(52-33-51-29-30-55(15,16)17)32-39(54-58(22,23)45(11,12)13)36(4)41(49)46(14)40(31-35(3)47)48(42(46)50)56(18,19)43(5,6)7;3*1-3-4-2;/h1,24-26,28,31,36-41,49H,27,29-30,32-33H2,2-23H3;3*1,3-4H2,2H3;/b24-1?,28-26+,34-25+,35-31+;;;;/t36-,37-,38-,39-,40-,41+,46+;;;;/m1..../s1. The molecule has 0 spiro atoms. The van der Waals surface area contributed by atoms with Gasteiger partial charge in [0.25, 0.3) is 0 Å². The van der Waals surface area contributed by atoms with Gasteiger partial charge in [-0.05, 0) is 69.2 Å². The van der Waals surface area contributed by atoms with Crippen LogP contribution in [0.5, 0.6) is 0 Å². The van der Waals surface area contributed by atoms with Crippen molar-refractivity contribution in [2.75, 3.05) is 13.4 Å². The molecule has 0 radical (unpaired) electrons.